The summed E-state index contributed by atoms with van der Waals surface area (Å²) in [6, 6.07) is 0. The topological polar surface area (TPSA) is 105 Å². The van der Waals surface area contributed by atoms with Crippen molar-refractivity contribution in [1.29, 1.82) is 0 Å². The standard InChI is InChI=1S/C16H20O8/c1-5-6-8(13(17)21-2)10(14(18)22-3)7-11(15(19)23-4)9(6)16(20)24-12(5)7/h5-12H,1-4H3. The zero-order chi connectivity index (χ0) is 17.8. The number of methoxy groups -OCH3 is 3. The van der Waals surface area contributed by atoms with Gasteiger partial charge in [0.15, 0.2) is 0 Å². The van der Waals surface area contributed by atoms with Gasteiger partial charge in [-0.05, 0) is 11.8 Å². The first-order valence-electron chi connectivity index (χ1n) is 7.83. The van der Waals surface area contributed by atoms with Crippen LogP contribution in [0.15, 0.2) is 0 Å². The highest BCUT2D eigenvalue weighted by atomic mass is 16.6. The maximum absolute atomic E-state index is 12.4. The molecule has 0 aromatic rings. The monoisotopic (exact) mass is 340 g/mol. The summed E-state index contributed by atoms with van der Waals surface area (Å²) >= 11 is 0. The zero-order valence-corrected chi connectivity index (χ0v) is 13.9. The van der Waals surface area contributed by atoms with Crippen LogP contribution in [-0.2, 0) is 38.1 Å². The van der Waals surface area contributed by atoms with E-state index in [0.29, 0.717) is 0 Å². The number of esters is 4. The summed E-state index contributed by atoms with van der Waals surface area (Å²) in [5.41, 5.74) is 0. The van der Waals surface area contributed by atoms with E-state index >= 15 is 0 Å². The van der Waals surface area contributed by atoms with E-state index in [1.165, 1.54) is 21.3 Å². The van der Waals surface area contributed by atoms with Crippen molar-refractivity contribution < 1.29 is 38.1 Å². The smallest absolute Gasteiger partial charge is 0.310 e. The molecule has 3 saturated carbocycles. The average molecular weight is 340 g/mol. The molecule has 2 saturated heterocycles. The van der Waals surface area contributed by atoms with Crippen LogP contribution in [0, 0.1) is 41.4 Å². The van der Waals surface area contributed by atoms with E-state index in [1.54, 1.807) is 0 Å². The highest BCUT2D eigenvalue weighted by Gasteiger charge is 2.73. The number of carbonyl (C=O) groups excluding carboxylic acids is 4. The van der Waals surface area contributed by atoms with Crippen molar-refractivity contribution in [3.05, 3.63) is 0 Å². The van der Waals surface area contributed by atoms with Crippen molar-refractivity contribution in [2.45, 2.75) is 13.0 Å². The summed E-state index contributed by atoms with van der Waals surface area (Å²) in [6.07, 6.45) is -0.624. The minimum absolute atomic E-state index is 0.163. The van der Waals surface area contributed by atoms with Gasteiger partial charge in [-0.3, -0.25) is 19.2 Å². The molecule has 24 heavy (non-hydrogen) atoms. The molecular formula is C16H20O8. The van der Waals surface area contributed by atoms with Crippen LogP contribution >= 0.6 is 0 Å². The average Bonchev–Trinajstić information content (AvgIpc) is 2.59. The van der Waals surface area contributed by atoms with Crippen molar-refractivity contribution >= 4 is 23.9 Å². The summed E-state index contributed by atoms with van der Waals surface area (Å²) in [5, 5.41) is 0. The lowest BCUT2D eigenvalue weighted by atomic mass is 9.44. The van der Waals surface area contributed by atoms with Gasteiger partial charge in [0.25, 0.3) is 0 Å². The molecule has 8 heteroatoms. The maximum Gasteiger partial charge on any atom is 0.310 e. The summed E-state index contributed by atoms with van der Waals surface area (Å²) in [7, 11) is 3.69. The van der Waals surface area contributed by atoms with E-state index < -0.39 is 65.5 Å². The number of fused-ring (bicyclic) bond motifs is 2. The van der Waals surface area contributed by atoms with Gasteiger partial charge in [0.05, 0.1) is 45.0 Å². The van der Waals surface area contributed by atoms with E-state index in [4.69, 9.17) is 18.9 Å². The molecule has 5 aliphatic rings. The molecule has 0 radical (unpaired) electrons. The quantitative estimate of drug-likeness (QED) is 0.513. The SMILES string of the molecule is COC(=O)C1C(C(=O)OC)C2C3OC(=O)C(C2C(=O)OC)C1C3C. The first kappa shape index (κ1) is 16.7. The molecule has 0 aromatic carbocycles. The van der Waals surface area contributed by atoms with Gasteiger partial charge < -0.3 is 18.9 Å². The highest BCUT2D eigenvalue weighted by molar-refractivity contribution is 5.91. The summed E-state index contributed by atoms with van der Waals surface area (Å²) in [4.78, 5) is 49.4. The highest BCUT2D eigenvalue weighted by Crippen LogP contribution is 2.62. The van der Waals surface area contributed by atoms with Gasteiger partial charge in [-0.15, -0.1) is 0 Å². The van der Waals surface area contributed by atoms with E-state index in [1.807, 2.05) is 6.92 Å². The van der Waals surface area contributed by atoms with Crippen molar-refractivity contribution in [3.8, 4) is 0 Å². The minimum Gasteiger partial charge on any atom is -0.469 e. The fourth-order valence-corrected chi connectivity index (χ4v) is 5.06. The molecule has 0 N–H and O–H groups in total. The van der Waals surface area contributed by atoms with Gasteiger partial charge in [-0.2, -0.15) is 0 Å². The van der Waals surface area contributed by atoms with E-state index in [-0.39, 0.29) is 5.92 Å². The molecular weight excluding hydrogens is 320 g/mol. The number of rotatable bonds is 3. The Morgan fingerprint density at radius 1 is 0.833 bits per heavy atom. The fourth-order valence-electron chi connectivity index (χ4n) is 5.06. The van der Waals surface area contributed by atoms with Crippen LogP contribution in [0.3, 0.4) is 0 Å². The van der Waals surface area contributed by atoms with Crippen molar-refractivity contribution in [2.24, 2.45) is 41.4 Å². The maximum atomic E-state index is 12.4. The first-order valence-corrected chi connectivity index (χ1v) is 7.83. The van der Waals surface area contributed by atoms with Gasteiger partial charge in [-0.25, -0.2) is 0 Å². The molecule has 2 heterocycles. The Morgan fingerprint density at radius 2 is 1.29 bits per heavy atom. The normalized spacial score (nSPS) is 42.2. The van der Waals surface area contributed by atoms with Gasteiger partial charge in [0.1, 0.15) is 6.10 Å². The predicted octanol–water partition coefficient (Wildman–Crippen LogP) is -0.209. The second kappa shape index (κ2) is 5.75. The van der Waals surface area contributed by atoms with Crippen LogP contribution < -0.4 is 0 Å². The third kappa shape index (κ3) is 1.98. The van der Waals surface area contributed by atoms with E-state index in [9.17, 15) is 19.2 Å². The minimum atomic E-state index is -0.901. The lowest BCUT2D eigenvalue weighted by molar-refractivity contribution is -0.254. The Hall–Kier alpha value is -2.12. The Kier molecular flexibility index (Phi) is 4.01. The van der Waals surface area contributed by atoms with E-state index in [2.05, 4.69) is 0 Å². The van der Waals surface area contributed by atoms with Crippen LogP contribution in [0.25, 0.3) is 0 Å². The molecule has 132 valence electrons. The lowest BCUT2D eigenvalue weighted by Crippen LogP contribution is -2.72. The largest absolute Gasteiger partial charge is 0.469 e. The first-order chi connectivity index (χ1) is 11.4. The Bertz CT molecular complexity index is 591. The second-order valence-corrected chi connectivity index (χ2v) is 6.59. The van der Waals surface area contributed by atoms with Crippen LogP contribution in [0.4, 0.5) is 0 Å². The van der Waals surface area contributed by atoms with Crippen LogP contribution in [0.5, 0.6) is 0 Å². The van der Waals surface area contributed by atoms with Gasteiger partial charge in [0.2, 0.25) is 0 Å². The van der Waals surface area contributed by atoms with Crippen LogP contribution in [-0.4, -0.2) is 51.3 Å². The molecule has 3 aliphatic carbocycles. The fraction of sp³-hybridized carbons (Fsp3) is 0.750. The van der Waals surface area contributed by atoms with Crippen molar-refractivity contribution in [2.75, 3.05) is 21.3 Å². The van der Waals surface area contributed by atoms with Crippen LogP contribution in [0.2, 0.25) is 0 Å². The second-order valence-electron chi connectivity index (χ2n) is 6.59. The molecule has 8 unspecified atom stereocenters. The lowest BCUT2D eigenvalue weighted by Gasteiger charge is -2.61. The third-order valence-electron chi connectivity index (χ3n) is 5.88. The molecule has 0 aromatic heterocycles. The summed E-state index contributed by atoms with van der Waals surface area (Å²) in [5.74, 6) is -6.98. The predicted molar refractivity (Wildman–Crippen MR) is 76.0 cm³/mol. The molecule has 8 nitrogen and oxygen atoms in total. The molecule has 5 fully saturated rings. The van der Waals surface area contributed by atoms with Gasteiger partial charge in [0, 0.05) is 5.92 Å². The number of carbonyl (C=O) groups is 4. The Labute approximate surface area is 138 Å². The zero-order valence-electron chi connectivity index (χ0n) is 13.9. The molecule has 0 amide bonds. The number of hydrogen-bond acceptors (Lipinski definition) is 8. The number of ether oxygens (including phenoxy) is 4. The summed E-state index contributed by atoms with van der Waals surface area (Å²) in [6.45, 7) is 1.86. The molecule has 2 aliphatic heterocycles. The van der Waals surface area contributed by atoms with Gasteiger partial charge >= 0.3 is 23.9 Å². The summed E-state index contributed by atoms with van der Waals surface area (Å²) < 4.78 is 20.0. The van der Waals surface area contributed by atoms with E-state index in [0.717, 1.165) is 0 Å². The van der Waals surface area contributed by atoms with Crippen LogP contribution in [0.1, 0.15) is 6.92 Å². The molecule has 8 atom stereocenters. The number of hydrogen-bond donors (Lipinski definition) is 0. The third-order valence-corrected chi connectivity index (χ3v) is 5.88. The van der Waals surface area contributed by atoms with Crippen molar-refractivity contribution in [1.82, 2.24) is 0 Å². The van der Waals surface area contributed by atoms with Gasteiger partial charge in [-0.1, -0.05) is 6.92 Å². The molecule has 5 rings (SSSR count). The molecule has 0 spiro atoms. The van der Waals surface area contributed by atoms with Crippen molar-refractivity contribution in [3.63, 3.8) is 0 Å². The molecule has 4 bridgehead atoms. The Balaban J connectivity index is 2.14. The Morgan fingerprint density at radius 3 is 1.79 bits per heavy atom.